The first-order valence-electron chi connectivity index (χ1n) is 9.25. The Labute approximate surface area is 173 Å². The molecular formula is C22H13FN6S. The SMILES string of the molecule is Fc1ccc(-c2nccc3[nH]c(-c4n[nH]c5ccc(-c6cccnc6)nc45)cc23)s1. The molecule has 30 heavy (non-hydrogen) atoms. The van der Waals surface area contributed by atoms with Crippen molar-refractivity contribution in [2.24, 2.45) is 0 Å². The van der Waals surface area contributed by atoms with E-state index in [0.717, 1.165) is 66.5 Å². The van der Waals surface area contributed by atoms with Crippen LogP contribution in [0.1, 0.15) is 0 Å². The lowest BCUT2D eigenvalue weighted by atomic mass is 10.1. The van der Waals surface area contributed by atoms with E-state index in [-0.39, 0.29) is 5.13 Å². The van der Waals surface area contributed by atoms with E-state index in [2.05, 4.69) is 25.1 Å². The average molecular weight is 412 g/mol. The average Bonchev–Trinajstić information content (AvgIpc) is 3.51. The molecule has 0 aliphatic carbocycles. The van der Waals surface area contributed by atoms with Gasteiger partial charge in [0.15, 0.2) is 5.13 Å². The van der Waals surface area contributed by atoms with Gasteiger partial charge in [-0.05, 0) is 48.5 Å². The van der Waals surface area contributed by atoms with Gasteiger partial charge in [-0.1, -0.05) is 0 Å². The van der Waals surface area contributed by atoms with Gasteiger partial charge in [0.05, 0.1) is 27.5 Å². The number of H-pyrrole nitrogens is 2. The van der Waals surface area contributed by atoms with Crippen molar-refractivity contribution in [2.75, 3.05) is 0 Å². The predicted octanol–water partition coefficient (Wildman–Crippen LogP) is 5.43. The van der Waals surface area contributed by atoms with Crippen LogP contribution in [0.2, 0.25) is 0 Å². The number of rotatable bonds is 3. The van der Waals surface area contributed by atoms with Crippen molar-refractivity contribution in [2.45, 2.75) is 0 Å². The zero-order valence-electron chi connectivity index (χ0n) is 15.4. The Morgan fingerprint density at radius 3 is 2.73 bits per heavy atom. The van der Waals surface area contributed by atoms with E-state index in [1.165, 1.54) is 6.07 Å². The number of aromatic amines is 2. The molecule has 0 atom stereocenters. The maximum atomic E-state index is 13.5. The first kappa shape index (κ1) is 17.0. The number of aromatic nitrogens is 6. The van der Waals surface area contributed by atoms with Crippen molar-refractivity contribution < 1.29 is 4.39 Å². The minimum atomic E-state index is -0.231. The molecule has 6 heterocycles. The van der Waals surface area contributed by atoms with Crippen molar-refractivity contribution in [1.82, 2.24) is 30.1 Å². The summed E-state index contributed by atoms with van der Waals surface area (Å²) >= 11 is 1.08. The van der Waals surface area contributed by atoms with E-state index >= 15 is 0 Å². The molecule has 0 saturated carbocycles. The normalized spacial score (nSPS) is 11.5. The number of nitrogens with zero attached hydrogens (tertiary/aromatic N) is 4. The fraction of sp³-hybridized carbons (Fsp3) is 0. The summed E-state index contributed by atoms with van der Waals surface area (Å²) < 4.78 is 13.5. The highest BCUT2D eigenvalue weighted by atomic mass is 32.1. The van der Waals surface area contributed by atoms with Crippen molar-refractivity contribution in [3.05, 3.63) is 72.3 Å². The predicted molar refractivity (Wildman–Crippen MR) is 115 cm³/mol. The van der Waals surface area contributed by atoms with Crippen LogP contribution in [0.3, 0.4) is 0 Å². The monoisotopic (exact) mass is 412 g/mol. The minimum absolute atomic E-state index is 0.231. The third-order valence-electron chi connectivity index (χ3n) is 4.97. The van der Waals surface area contributed by atoms with E-state index in [1.54, 1.807) is 24.7 Å². The zero-order chi connectivity index (χ0) is 20.1. The number of halogens is 1. The Morgan fingerprint density at radius 1 is 0.933 bits per heavy atom. The smallest absolute Gasteiger partial charge is 0.177 e. The Kier molecular flexibility index (Phi) is 3.72. The van der Waals surface area contributed by atoms with Crippen LogP contribution in [-0.2, 0) is 0 Å². The Balaban J connectivity index is 1.52. The van der Waals surface area contributed by atoms with Crippen LogP contribution < -0.4 is 0 Å². The summed E-state index contributed by atoms with van der Waals surface area (Å²) in [6.07, 6.45) is 5.24. The van der Waals surface area contributed by atoms with E-state index in [4.69, 9.17) is 4.98 Å². The zero-order valence-corrected chi connectivity index (χ0v) is 16.2. The summed E-state index contributed by atoms with van der Waals surface area (Å²) in [4.78, 5) is 17.7. The quantitative estimate of drug-likeness (QED) is 0.406. The minimum Gasteiger partial charge on any atom is -0.353 e. The fourth-order valence-corrected chi connectivity index (χ4v) is 4.32. The van der Waals surface area contributed by atoms with Crippen molar-refractivity contribution in [3.63, 3.8) is 0 Å². The molecule has 0 spiro atoms. The number of fused-ring (bicyclic) bond motifs is 2. The van der Waals surface area contributed by atoms with E-state index in [0.29, 0.717) is 0 Å². The molecule has 0 fully saturated rings. The van der Waals surface area contributed by atoms with Gasteiger partial charge in [-0.15, -0.1) is 11.3 Å². The molecule has 144 valence electrons. The maximum absolute atomic E-state index is 13.5. The summed E-state index contributed by atoms with van der Waals surface area (Å²) in [7, 11) is 0. The molecule has 6 aromatic heterocycles. The molecule has 0 unspecified atom stereocenters. The van der Waals surface area contributed by atoms with E-state index in [9.17, 15) is 4.39 Å². The number of hydrogen-bond acceptors (Lipinski definition) is 5. The van der Waals surface area contributed by atoms with Crippen LogP contribution in [0.25, 0.3) is 55.2 Å². The summed E-state index contributed by atoms with van der Waals surface area (Å²) in [5.41, 5.74) is 6.56. The molecule has 0 bridgehead atoms. The number of pyridine rings is 3. The molecule has 0 amide bonds. The molecule has 6 nitrogen and oxygen atoms in total. The molecule has 0 saturated heterocycles. The van der Waals surface area contributed by atoms with Crippen LogP contribution in [0.5, 0.6) is 0 Å². The summed E-state index contributed by atoms with van der Waals surface area (Å²) in [6.45, 7) is 0. The molecule has 0 aliphatic rings. The molecule has 0 aromatic carbocycles. The third-order valence-corrected chi connectivity index (χ3v) is 5.86. The second kappa shape index (κ2) is 6.57. The first-order chi connectivity index (χ1) is 14.8. The highest BCUT2D eigenvalue weighted by Crippen LogP contribution is 2.35. The molecule has 0 radical (unpaired) electrons. The number of hydrogen-bond donors (Lipinski definition) is 2. The standard InChI is InChI=1S/C22H13FN6S/c23-19-6-5-18(30-19)20-13-10-17(26-15(13)7-9-25-20)22-21-16(28-29-22)4-3-14(27-21)12-2-1-8-24-11-12/h1-11,26H,(H,28,29). The summed E-state index contributed by atoms with van der Waals surface area (Å²) in [5, 5.41) is 8.22. The van der Waals surface area contributed by atoms with Gasteiger partial charge in [0.25, 0.3) is 0 Å². The molecule has 6 aromatic rings. The first-order valence-corrected chi connectivity index (χ1v) is 10.1. The van der Waals surface area contributed by atoms with Crippen molar-refractivity contribution >= 4 is 33.3 Å². The fourth-order valence-electron chi connectivity index (χ4n) is 3.58. The summed E-state index contributed by atoms with van der Waals surface area (Å²) in [5.74, 6) is 0. The van der Waals surface area contributed by atoms with Gasteiger partial charge < -0.3 is 4.98 Å². The second-order valence-corrected chi connectivity index (χ2v) is 7.85. The number of thiophene rings is 1. The van der Waals surface area contributed by atoms with Gasteiger partial charge in [-0.25, -0.2) is 4.98 Å². The van der Waals surface area contributed by atoms with Crippen LogP contribution in [0, 0.1) is 5.13 Å². The van der Waals surface area contributed by atoms with Crippen LogP contribution in [0.15, 0.2) is 67.1 Å². The van der Waals surface area contributed by atoms with Gasteiger partial charge in [0, 0.05) is 35.1 Å². The van der Waals surface area contributed by atoms with Crippen molar-refractivity contribution in [3.8, 4) is 33.2 Å². The van der Waals surface area contributed by atoms with Crippen molar-refractivity contribution in [1.29, 1.82) is 0 Å². The van der Waals surface area contributed by atoms with Gasteiger partial charge in [0.1, 0.15) is 11.2 Å². The molecule has 8 heteroatoms. The molecule has 2 N–H and O–H groups in total. The molecule has 0 aliphatic heterocycles. The van der Waals surface area contributed by atoms with Crippen LogP contribution in [-0.4, -0.2) is 30.1 Å². The highest BCUT2D eigenvalue weighted by Gasteiger charge is 2.16. The Bertz CT molecular complexity index is 1520. The topological polar surface area (TPSA) is 83.1 Å². The van der Waals surface area contributed by atoms with Crippen LogP contribution in [0.4, 0.5) is 4.39 Å². The van der Waals surface area contributed by atoms with E-state index < -0.39 is 0 Å². The lowest BCUT2D eigenvalue weighted by Gasteiger charge is -2.00. The lowest BCUT2D eigenvalue weighted by Crippen LogP contribution is -1.86. The maximum Gasteiger partial charge on any atom is 0.177 e. The largest absolute Gasteiger partial charge is 0.353 e. The molecular weight excluding hydrogens is 399 g/mol. The van der Waals surface area contributed by atoms with Gasteiger partial charge >= 0.3 is 0 Å². The Morgan fingerprint density at radius 2 is 1.90 bits per heavy atom. The Hall–Kier alpha value is -3.91. The second-order valence-electron chi connectivity index (χ2n) is 6.81. The van der Waals surface area contributed by atoms with Gasteiger partial charge in [0.2, 0.25) is 0 Å². The van der Waals surface area contributed by atoms with Crippen LogP contribution >= 0.6 is 11.3 Å². The lowest BCUT2D eigenvalue weighted by molar-refractivity contribution is 0.657. The molecule has 6 rings (SSSR count). The van der Waals surface area contributed by atoms with Gasteiger partial charge in [-0.3, -0.25) is 15.1 Å². The summed E-state index contributed by atoms with van der Waals surface area (Å²) in [6, 6.07) is 14.9. The van der Waals surface area contributed by atoms with Gasteiger partial charge in [-0.2, -0.15) is 9.49 Å². The number of nitrogens with one attached hydrogen (secondary N) is 2. The van der Waals surface area contributed by atoms with E-state index in [1.807, 2.05) is 36.4 Å². The third kappa shape index (κ3) is 2.69. The highest BCUT2D eigenvalue weighted by molar-refractivity contribution is 7.13.